The van der Waals surface area contributed by atoms with Gasteiger partial charge in [-0.25, -0.2) is 0 Å². The van der Waals surface area contributed by atoms with Crippen molar-refractivity contribution in [1.29, 1.82) is 0 Å². The fraction of sp³-hybridized carbons (Fsp3) is 0.360. The van der Waals surface area contributed by atoms with Crippen LogP contribution >= 0.6 is 0 Å². The molecule has 0 radical (unpaired) electrons. The van der Waals surface area contributed by atoms with Crippen LogP contribution in [0.1, 0.15) is 53.3 Å². The molecule has 0 fully saturated rings. The summed E-state index contributed by atoms with van der Waals surface area (Å²) in [6.07, 6.45) is -0.642. The Morgan fingerprint density at radius 1 is 0.862 bits per heavy atom. The third-order valence-corrected chi connectivity index (χ3v) is 4.83. The zero-order valence-electron chi connectivity index (χ0n) is 18.0. The zero-order chi connectivity index (χ0) is 21.4. The average molecular weight is 392 g/mol. The van der Waals surface area contributed by atoms with Gasteiger partial charge in [0, 0.05) is 22.1 Å². The fourth-order valence-corrected chi connectivity index (χ4v) is 3.35. The maximum absolute atomic E-state index is 13.8. The van der Waals surface area contributed by atoms with Gasteiger partial charge in [-0.15, -0.1) is 0 Å². The van der Waals surface area contributed by atoms with Gasteiger partial charge in [-0.2, -0.15) is 0 Å². The molecule has 0 spiro atoms. The number of ketones is 1. The van der Waals surface area contributed by atoms with Crippen molar-refractivity contribution in [1.82, 2.24) is 0 Å². The van der Waals surface area contributed by atoms with E-state index < -0.39 is 17.1 Å². The average Bonchev–Trinajstić information content (AvgIpc) is 2.66. The minimum Gasteiger partial charge on any atom is -0.469 e. The van der Waals surface area contributed by atoms with Crippen LogP contribution in [-0.4, -0.2) is 11.7 Å². The summed E-state index contributed by atoms with van der Waals surface area (Å²) in [6, 6.07) is 19.0. The van der Waals surface area contributed by atoms with Gasteiger partial charge < -0.3 is 4.74 Å². The van der Waals surface area contributed by atoms with Crippen LogP contribution in [-0.2, 0) is 14.3 Å². The van der Waals surface area contributed by atoms with Crippen molar-refractivity contribution in [3.8, 4) is 0 Å². The molecule has 0 N–H and O–H groups in total. The van der Waals surface area contributed by atoms with E-state index in [4.69, 9.17) is 4.74 Å². The Balaban J connectivity index is 2.26. The normalized spacial score (nSPS) is 17.9. The van der Waals surface area contributed by atoms with E-state index in [1.807, 2.05) is 102 Å². The molecule has 0 saturated carbocycles. The molecule has 1 amide bonds. The molecular formula is C25H29NO3. The predicted octanol–water partition coefficient (Wildman–Crippen LogP) is 5.66. The maximum atomic E-state index is 13.8. The lowest BCUT2D eigenvalue weighted by Gasteiger charge is -2.42. The highest BCUT2D eigenvalue weighted by Crippen LogP contribution is 2.43. The van der Waals surface area contributed by atoms with Crippen molar-refractivity contribution in [3.63, 3.8) is 0 Å². The summed E-state index contributed by atoms with van der Waals surface area (Å²) in [7, 11) is 0. The number of hydrogen-bond acceptors (Lipinski definition) is 3. The zero-order valence-corrected chi connectivity index (χ0v) is 18.0. The molecule has 4 heteroatoms. The lowest BCUT2D eigenvalue weighted by Crippen LogP contribution is -2.46. The van der Waals surface area contributed by atoms with Crippen molar-refractivity contribution in [3.05, 3.63) is 77.6 Å². The minimum absolute atomic E-state index is 0.140. The molecule has 0 unspecified atom stereocenters. The van der Waals surface area contributed by atoms with Gasteiger partial charge in [-0.3, -0.25) is 14.5 Å². The summed E-state index contributed by atoms with van der Waals surface area (Å²) in [4.78, 5) is 28.7. The second kappa shape index (κ2) is 7.51. The third-order valence-electron chi connectivity index (χ3n) is 4.83. The molecule has 0 saturated heterocycles. The number of anilines is 1. The lowest BCUT2D eigenvalue weighted by atomic mass is 9.80. The highest BCUT2D eigenvalue weighted by molar-refractivity contribution is 6.26. The predicted molar refractivity (Wildman–Crippen MR) is 115 cm³/mol. The number of carbonyl (C=O) groups excluding carboxylic acids is 2. The highest BCUT2D eigenvalue weighted by Gasteiger charge is 2.45. The largest absolute Gasteiger partial charge is 0.469 e. The van der Waals surface area contributed by atoms with Gasteiger partial charge in [-0.05, 0) is 12.1 Å². The number of carbonyl (C=O) groups is 2. The monoisotopic (exact) mass is 391 g/mol. The van der Waals surface area contributed by atoms with Crippen molar-refractivity contribution in [2.75, 3.05) is 4.90 Å². The first-order valence-electron chi connectivity index (χ1n) is 9.91. The number of para-hydroxylation sites is 1. The first kappa shape index (κ1) is 20.8. The number of nitrogens with zero attached hydrogens (tertiary/aromatic N) is 1. The van der Waals surface area contributed by atoms with Gasteiger partial charge in [-0.1, -0.05) is 90.1 Å². The summed E-state index contributed by atoms with van der Waals surface area (Å²) >= 11 is 0. The third kappa shape index (κ3) is 4.12. The topological polar surface area (TPSA) is 46.6 Å². The first-order valence-corrected chi connectivity index (χ1v) is 9.91. The molecule has 152 valence electrons. The van der Waals surface area contributed by atoms with Gasteiger partial charge in [0.25, 0.3) is 5.91 Å². The second-order valence-corrected chi connectivity index (χ2v) is 9.42. The molecule has 4 nitrogen and oxygen atoms in total. The molecule has 3 rings (SSSR count). The molecule has 2 aromatic carbocycles. The Bertz CT molecular complexity index is 932. The Morgan fingerprint density at radius 3 is 1.86 bits per heavy atom. The van der Waals surface area contributed by atoms with Crippen LogP contribution in [0.4, 0.5) is 5.69 Å². The molecule has 1 aliphatic heterocycles. The van der Waals surface area contributed by atoms with E-state index in [1.165, 1.54) is 0 Å². The van der Waals surface area contributed by atoms with E-state index in [0.29, 0.717) is 11.4 Å². The Hall–Kier alpha value is -2.88. The van der Waals surface area contributed by atoms with Crippen molar-refractivity contribution >= 4 is 17.4 Å². The molecule has 1 aliphatic rings. The number of ether oxygens (including phenoxy) is 1. The second-order valence-electron chi connectivity index (χ2n) is 9.42. The number of Topliss-reactive ketones (excluding diaryl/α,β-unsaturated/α-hetero) is 1. The van der Waals surface area contributed by atoms with E-state index in [2.05, 4.69) is 0 Å². The number of benzene rings is 2. The van der Waals surface area contributed by atoms with Crippen LogP contribution in [0.2, 0.25) is 0 Å². The van der Waals surface area contributed by atoms with Crippen LogP contribution in [0.25, 0.3) is 0 Å². The molecule has 0 aromatic heterocycles. The lowest BCUT2D eigenvalue weighted by molar-refractivity contribution is -0.129. The fourth-order valence-electron chi connectivity index (χ4n) is 3.35. The van der Waals surface area contributed by atoms with Crippen molar-refractivity contribution in [2.45, 2.75) is 47.8 Å². The van der Waals surface area contributed by atoms with Crippen LogP contribution in [0.15, 0.2) is 72.0 Å². The molecule has 2 aromatic rings. The first-order chi connectivity index (χ1) is 13.5. The summed E-state index contributed by atoms with van der Waals surface area (Å²) in [5.74, 6) is -0.0792. The number of rotatable bonds is 3. The van der Waals surface area contributed by atoms with Crippen molar-refractivity contribution < 1.29 is 14.3 Å². The SMILES string of the molecule is CC(C)(C)C(=O)C1=C(C(C)(C)C)O[C@H](c2ccccc2)N(c2ccccc2)C1=O. The quantitative estimate of drug-likeness (QED) is 0.634. The molecule has 29 heavy (non-hydrogen) atoms. The molecular weight excluding hydrogens is 362 g/mol. The van der Waals surface area contributed by atoms with Gasteiger partial charge in [0.15, 0.2) is 5.78 Å². The summed E-state index contributed by atoms with van der Waals surface area (Å²) in [6.45, 7) is 11.4. The van der Waals surface area contributed by atoms with E-state index in [-0.39, 0.29) is 17.3 Å². The summed E-state index contributed by atoms with van der Waals surface area (Å²) in [5.41, 5.74) is 0.488. The van der Waals surface area contributed by atoms with Gasteiger partial charge in [0.1, 0.15) is 11.3 Å². The Morgan fingerprint density at radius 2 is 1.38 bits per heavy atom. The standard InChI is InChI=1S/C25H29NO3/c1-24(2,3)20(27)19-21(25(4,5)6)29-23(17-13-9-7-10-14-17)26(22(19)28)18-15-11-8-12-16-18/h7-16,23H,1-6H3/t23-/m1/s1. The smallest absolute Gasteiger partial charge is 0.268 e. The van der Waals surface area contributed by atoms with E-state index >= 15 is 0 Å². The number of allylic oxidation sites excluding steroid dienone is 1. The van der Waals surface area contributed by atoms with E-state index in [9.17, 15) is 9.59 Å². The minimum atomic E-state index is -0.702. The van der Waals surface area contributed by atoms with Gasteiger partial charge in [0.05, 0.1) is 0 Å². The molecule has 1 heterocycles. The van der Waals surface area contributed by atoms with Crippen molar-refractivity contribution in [2.24, 2.45) is 10.8 Å². The van der Waals surface area contributed by atoms with Crippen LogP contribution in [0.3, 0.4) is 0 Å². The molecule has 1 atom stereocenters. The van der Waals surface area contributed by atoms with Gasteiger partial charge >= 0.3 is 0 Å². The Kier molecular flexibility index (Phi) is 5.40. The summed E-state index contributed by atoms with van der Waals surface area (Å²) < 4.78 is 6.47. The summed E-state index contributed by atoms with van der Waals surface area (Å²) in [5, 5.41) is 0. The van der Waals surface area contributed by atoms with E-state index in [1.54, 1.807) is 4.90 Å². The molecule has 0 aliphatic carbocycles. The Labute approximate surface area is 173 Å². The highest BCUT2D eigenvalue weighted by atomic mass is 16.5. The molecule has 0 bridgehead atoms. The van der Waals surface area contributed by atoms with Gasteiger partial charge in [0.2, 0.25) is 6.23 Å². The van der Waals surface area contributed by atoms with Crippen LogP contribution in [0.5, 0.6) is 0 Å². The van der Waals surface area contributed by atoms with Crippen LogP contribution < -0.4 is 4.90 Å². The number of amides is 1. The van der Waals surface area contributed by atoms with E-state index in [0.717, 1.165) is 5.56 Å². The van der Waals surface area contributed by atoms with Crippen LogP contribution in [0, 0.1) is 10.8 Å². The maximum Gasteiger partial charge on any atom is 0.268 e. The number of hydrogen-bond donors (Lipinski definition) is 0.